The van der Waals surface area contributed by atoms with E-state index in [0.717, 1.165) is 28.8 Å². The second-order valence-electron chi connectivity index (χ2n) is 4.07. The van der Waals surface area contributed by atoms with Crippen LogP contribution in [0.25, 0.3) is 0 Å². The van der Waals surface area contributed by atoms with E-state index in [2.05, 4.69) is 10.3 Å². The molecule has 0 aliphatic carbocycles. The summed E-state index contributed by atoms with van der Waals surface area (Å²) in [5.41, 5.74) is 0.210. The Morgan fingerprint density at radius 2 is 2.15 bits per heavy atom. The highest BCUT2D eigenvalue weighted by atomic mass is 32.1. The molecule has 0 saturated carbocycles. The van der Waals surface area contributed by atoms with Crippen LogP contribution in [0.2, 0.25) is 0 Å². The van der Waals surface area contributed by atoms with Gasteiger partial charge in [-0.3, -0.25) is 20.2 Å². The monoisotopic (exact) mass is 293 g/mol. The van der Waals surface area contributed by atoms with E-state index in [1.807, 2.05) is 6.92 Å². The number of nitro groups is 1. The summed E-state index contributed by atoms with van der Waals surface area (Å²) in [7, 11) is 0. The molecule has 8 heteroatoms. The van der Waals surface area contributed by atoms with E-state index >= 15 is 0 Å². The van der Waals surface area contributed by atoms with Crippen molar-refractivity contribution in [1.82, 2.24) is 4.98 Å². The number of anilines is 1. The minimum Gasteiger partial charge on any atom is -0.508 e. The number of amides is 1. The molecule has 0 unspecified atom stereocenters. The van der Waals surface area contributed by atoms with Gasteiger partial charge in [0.15, 0.2) is 5.13 Å². The summed E-state index contributed by atoms with van der Waals surface area (Å²) in [6, 6.07) is 3.30. The number of phenolic OH excluding ortho intramolecular Hbond substituents is 1. The van der Waals surface area contributed by atoms with Crippen LogP contribution in [0.3, 0.4) is 0 Å². The summed E-state index contributed by atoms with van der Waals surface area (Å²) >= 11 is 1.28. The summed E-state index contributed by atoms with van der Waals surface area (Å²) in [5.74, 6) is -0.895. The van der Waals surface area contributed by atoms with Crippen molar-refractivity contribution < 1.29 is 14.8 Å². The lowest BCUT2D eigenvalue weighted by Crippen LogP contribution is -2.13. The minimum atomic E-state index is -0.679. The minimum absolute atomic E-state index is 0.208. The topological polar surface area (TPSA) is 105 Å². The smallest absolute Gasteiger partial charge is 0.282 e. The molecule has 0 saturated heterocycles. The van der Waals surface area contributed by atoms with Gasteiger partial charge in [-0.2, -0.15) is 0 Å². The van der Waals surface area contributed by atoms with Crippen LogP contribution in [0, 0.1) is 24.0 Å². The summed E-state index contributed by atoms with van der Waals surface area (Å²) in [6.07, 6.45) is 0. The maximum absolute atomic E-state index is 12.1. The SMILES string of the molecule is Cc1nc(NC(=O)c2cc(O)ccc2[N+](=O)[O-])sc1C. The van der Waals surface area contributed by atoms with Crippen LogP contribution in [0.15, 0.2) is 18.2 Å². The van der Waals surface area contributed by atoms with Gasteiger partial charge in [0.2, 0.25) is 0 Å². The van der Waals surface area contributed by atoms with E-state index in [9.17, 15) is 20.0 Å². The Hall–Kier alpha value is -2.48. The normalized spacial score (nSPS) is 10.3. The number of phenols is 1. The number of aromatic hydroxyl groups is 1. The fraction of sp³-hybridized carbons (Fsp3) is 0.167. The number of thiazole rings is 1. The lowest BCUT2D eigenvalue weighted by molar-refractivity contribution is -0.385. The highest BCUT2D eigenvalue weighted by Gasteiger charge is 2.21. The zero-order chi connectivity index (χ0) is 14.9. The van der Waals surface area contributed by atoms with Gasteiger partial charge in [-0.15, -0.1) is 11.3 Å². The Kier molecular flexibility index (Phi) is 3.66. The van der Waals surface area contributed by atoms with Gasteiger partial charge in [-0.25, -0.2) is 4.98 Å². The van der Waals surface area contributed by atoms with E-state index in [1.54, 1.807) is 6.92 Å². The Bertz CT molecular complexity index is 677. The lowest BCUT2D eigenvalue weighted by Gasteiger charge is -2.03. The van der Waals surface area contributed by atoms with Gasteiger partial charge in [0.25, 0.3) is 11.6 Å². The standard InChI is InChI=1S/C12H11N3O4S/c1-6-7(2)20-12(13-6)14-11(17)9-5-8(16)3-4-10(9)15(18)19/h3-5,16H,1-2H3,(H,13,14,17). The third-order valence-electron chi connectivity index (χ3n) is 2.67. The van der Waals surface area contributed by atoms with Crippen molar-refractivity contribution in [2.24, 2.45) is 0 Å². The maximum Gasteiger partial charge on any atom is 0.282 e. The van der Waals surface area contributed by atoms with Crippen molar-refractivity contribution in [3.05, 3.63) is 44.4 Å². The molecule has 104 valence electrons. The first kappa shape index (κ1) is 13.9. The number of hydrogen-bond acceptors (Lipinski definition) is 6. The Balaban J connectivity index is 2.33. The fourth-order valence-electron chi connectivity index (χ4n) is 1.56. The highest BCUT2D eigenvalue weighted by Crippen LogP contribution is 2.26. The second-order valence-corrected chi connectivity index (χ2v) is 5.28. The molecule has 0 aliphatic heterocycles. The van der Waals surface area contributed by atoms with Crippen molar-refractivity contribution >= 4 is 28.1 Å². The number of rotatable bonds is 3. The van der Waals surface area contributed by atoms with E-state index in [0.29, 0.717) is 5.13 Å². The van der Waals surface area contributed by atoms with Crippen molar-refractivity contribution in [3.8, 4) is 5.75 Å². The predicted molar refractivity (Wildman–Crippen MR) is 74.3 cm³/mol. The van der Waals surface area contributed by atoms with E-state index in [4.69, 9.17) is 0 Å². The third-order valence-corrected chi connectivity index (χ3v) is 3.66. The maximum atomic E-state index is 12.1. The average Bonchev–Trinajstić information content (AvgIpc) is 2.67. The summed E-state index contributed by atoms with van der Waals surface area (Å²) in [5, 5.41) is 23.1. The van der Waals surface area contributed by atoms with Gasteiger partial charge < -0.3 is 5.11 Å². The summed E-state index contributed by atoms with van der Waals surface area (Å²) < 4.78 is 0. The summed E-state index contributed by atoms with van der Waals surface area (Å²) in [6.45, 7) is 3.66. The fourth-order valence-corrected chi connectivity index (χ4v) is 2.37. The van der Waals surface area contributed by atoms with Crippen LogP contribution in [0.5, 0.6) is 5.75 Å². The third kappa shape index (κ3) is 2.75. The largest absolute Gasteiger partial charge is 0.508 e. The number of nitrogens with one attached hydrogen (secondary N) is 1. The van der Waals surface area contributed by atoms with Gasteiger partial charge in [0.1, 0.15) is 11.3 Å². The molecule has 0 atom stereocenters. The van der Waals surface area contributed by atoms with Crippen LogP contribution in [0.1, 0.15) is 20.9 Å². The quantitative estimate of drug-likeness (QED) is 0.668. The number of hydrogen-bond donors (Lipinski definition) is 2. The van der Waals surface area contributed by atoms with Crippen LogP contribution < -0.4 is 5.32 Å². The zero-order valence-corrected chi connectivity index (χ0v) is 11.5. The Morgan fingerprint density at radius 3 is 2.70 bits per heavy atom. The van der Waals surface area contributed by atoms with Crippen molar-refractivity contribution in [3.63, 3.8) is 0 Å². The number of carbonyl (C=O) groups excluding carboxylic acids is 1. The van der Waals surface area contributed by atoms with Gasteiger partial charge in [-0.1, -0.05) is 0 Å². The van der Waals surface area contributed by atoms with Crippen LogP contribution >= 0.6 is 11.3 Å². The molecule has 2 N–H and O–H groups in total. The number of nitrogens with zero attached hydrogens (tertiary/aromatic N) is 2. The summed E-state index contributed by atoms with van der Waals surface area (Å²) in [4.78, 5) is 27.3. The first-order chi connectivity index (χ1) is 9.38. The van der Waals surface area contributed by atoms with E-state index in [1.165, 1.54) is 11.3 Å². The molecule has 0 spiro atoms. The molecule has 0 bridgehead atoms. The molecule has 20 heavy (non-hydrogen) atoms. The molecule has 2 rings (SSSR count). The Morgan fingerprint density at radius 1 is 1.45 bits per heavy atom. The van der Waals surface area contributed by atoms with Gasteiger partial charge >= 0.3 is 0 Å². The van der Waals surface area contributed by atoms with Crippen molar-refractivity contribution in [1.29, 1.82) is 0 Å². The molecule has 0 fully saturated rings. The lowest BCUT2D eigenvalue weighted by atomic mass is 10.1. The van der Waals surface area contributed by atoms with Crippen LogP contribution in [-0.2, 0) is 0 Å². The molecule has 1 aromatic carbocycles. The van der Waals surface area contributed by atoms with Gasteiger partial charge in [0.05, 0.1) is 10.6 Å². The van der Waals surface area contributed by atoms with Gasteiger partial charge in [0, 0.05) is 10.9 Å². The number of benzene rings is 1. The molecule has 7 nitrogen and oxygen atoms in total. The molecule has 1 amide bonds. The number of carbonyl (C=O) groups is 1. The van der Waals surface area contributed by atoms with Crippen LogP contribution in [-0.4, -0.2) is 20.9 Å². The Labute approximate surface area is 118 Å². The number of nitro benzene ring substituents is 1. The molecule has 0 aliphatic rings. The molecule has 1 aromatic heterocycles. The molecule has 2 aromatic rings. The van der Waals surface area contributed by atoms with Crippen LogP contribution in [0.4, 0.5) is 10.8 Å². The second kappa shape index (κ2) is 5.25. The van der Waals surface area contributed by atoms with Gasteiger partial charge in [-0.05, 0) is 26.0 Å². The number of aryl methyl sites for hydroxylation is 2. The first-order valence-corrected chi connectivity index (χ1v) is 6.43. The van der Waals surface area contributed by atoms with E-state index in [-0.39, 0.29) is 17.0 Å². The molecular formula is C12H11N3O4S. The number of aromatic nitrogens is 1. The molecular weight excluding hydrogens is 282 g/mol. The predicted octanol–water partition coefficient (Wildman–Crippen LogP) is 2.63. The highest BCUT2D eigenvalue weighted by molar-refractivity contribution is 7.15. The molecule has 1 heterocycles. The molecule has 0 radical (unpaired) electrons. The van der Waals surface area contributed by atoms with Crippen molar-refractivity contribution in [2.45, 2.75) is 13.8 Å². The zero-order valence-electron chi connectivity index (χ0n) is 10.7. The van der Waals surface area contributed by atoms with E-state index < -0.39 is 10.8 Å². The van der Waals surface area contributed by atoms with Crippen molar-refractivity contribution in [2.75, 3.05) is 5.32 Å². The average molecular weight is 293 g/mol. The first-order valence-electron chi connectivity index (χ1n) is 5.61.